The number of amides is 1. The molecule has 0 aliphatic carbocycles. The van der Waals surface area contributed by atoms with E-state index in [0.29, 0.717) is 6.20 Å². The number of hydrogen-bond donors (Lipinski definition) is 0. The zero-order valence-electron chi connectivity index (χ0n) is 12.4. The van der Waals surface area contributed by atoms with Gasteiger partial charge in [-0.1, -0.05) is 0 Å². The molecule has 1 heterocycles. The maximum atomic E-state index is 13.7. The van der Waals surface area contributed by atoms with E-state index in [4.69, 9.17) is 9.47 Å². The fraction of sp³-hybridized carbons (Fsp3) is 0.500. The van der Waals surface area contributed by atoms with Crippen LogP contribution in [0.3, 0.4) is 0 Å². The van der Waals surface area contributed by atoms with Crippen LogP contribution in [-0.4, -0.2) is 35.0 Å². The van der Waals surface area contributed by atoms with Crippen molar-refractivity contribution in [3.8, 4) is 0 Å². The summed E-state index contributed by atoms with van der Waals surface area (Å²) >= 11 is 0. The molecule has 1 aliphatic heterocycles. The van der Waals surface area contributed by atoms with Gasteiger partial charge in [-0.05, 0) is 33.8 Å². The van der Waals surface area contributed by atoms with Crippen LogP contribution in [0.25, 0.3) is 0 Å². The number of hydrogen-bond acceptors (Lipinski definition) is 5. The Morgan fingerprint density at radius 3 is 2.52 bits per heavy atom. The predicted octanol–water partition coefficient (Wildman–Crippen LogP) is 2.31. The first-order chi connectivity index (χ1) is 9.65. The summed E-state index contributed by atoms with van der Waals surface area (Å²) in [5, 5.41) is 0. The molecule has 0 fully saturated rings. The Hall–Kier alpha value is -2.18. The summed E-state index contributed by atoms with van der Waals surface area (Å²) < 4.78 is 23.5. The topological polar surface area (TPSA) is 72.9 Å². The first-order valence-electron chi connectivity index (χ1n) is 6.43. The van der Waals surface area contributed by atoms with E-state index in [9.17, 15) is 18.8 Å². The molecule has 1 rings (SSSR count). The molecule has 0 aromatic heterocycles. The first-order valence-corrected chi connectivity index (χ1v) is 6.43. The lowest BCUT2D eigenvalue weighted by Gasteiger charge is -2.22. The number of carbonyl (C=O) groups excluding carboxylic acids is 3. The lowest BCUT2D eigenvalue weighted by Crippen LogP contribution is -2.30. The third-order valence-corrected chi connectivity index (χ3v) is 2.35. The summed E-state index contributed by atoms with van der Waals surface area (Å²) in [6.45, 7) is 6.59. The Morgan fingerprint density at radius 2 is 2.00 bits per heavy atom. The molecule has 0 aromatic rings. The average molecular weight is 299 g/mol. The maximum Gasteiger partial charge on any atom is 0.418 e. The maximum absolute atomic E-state index is 13.7. The van der Waals surface area contributed by atoms with Gasteiger partial charge in [-0.15, -0.1) is 0 Å². The van der Waals surface area contributed by atoms with Crippen molar-refractivity contribution in [2.24, 2.45) is 5.92 Å². The largest absolute Gasteiger partial charge is 0.465 e. The van der Waals surface area contributed by atoms with Crippen LogP contribution in [-0.2, 0) is 19.1 Å². The van der Waals surface area contributed by atoms with Gasteiger partial charge in [-0.3, -0.25) is 14.5 Å². The van der Waals surface area contributed by atoms with E-state index in [1.165, 1.54) is 0 Å². The molecule has 0 saturated heterocycles. The molecular weight excluding hydrogens is 281 g/mol. The number of rotatable bonds is 2. The standard InChI is InChI=1S/C14H18FNO5/c1-5-20-12(18)9-6-7-16(8-10(15)11(9)17)13(19)21-14(2,3)4/h6-9H,5H2,1-4H3. The Labute approximate surface area is 122 Å². The fourth-order valence-electron chi connectivity index (χ4n) is 1.49. The number of ketones is 1. The minimum atomic E-state index is -1.41. The number of ether oxygens (including phenoxy) is 2. The van der Waals surface area contributed by atoms with Gasteiger partial charge in [0.1, 0.15) is 11.5 Å². The molecule has 0 radical (unpaired) electrons. The van der Waals surface area contributed by atoms with Crippen LogP contribution in [0.2, 0.25) is 0 Å². The summed E-state index contributed by atoms with van der Waals surface area (Å²) in [7, 11) is 0. The molecular formula is C14H18FNO5. The molecule has 0 aromatic carbocycles. The summed E-state index contributed by atoms with van der Waals surface area (Å²) in [6.07, 6.45) is 2.05. The number of carbonyl (C=O) groups is 3. The van der Waals surface area contributed by atoms with E-state index in [2.05, 4.69) is 0 Å². The van der Waals surface area contributed by atoms with Crippen molar-refractivity contribution in [3.05, 3.63) is 24.3 Å². The number of esters is 1. The highest BCUT2D eigenvalue weighted by atomic mass is 19.1. The van der Waals surface area contributed by atoms with Crippen molar-refractivity contribution in [3.63, 3.8) is 0 Å². The quantitative estimate of drug-likeness (QED) is 0.578. The van der Waals surface area contributed by atoms with Crippen LogP contribution in [0.4, 0.5) is 9.18 Å². The van der Waals surface area contributed by atoms with E-state index >= 15 is 0 Å². The minimum Gasteiger partial charge on any atom is -0.465 e. The van der Waals surface area contributed by atoms with Crippen molar-refractivity contribution in [1.29, 1.82) is 0 Å². The Morgan fingerprint density at radius 1 is 1.38 bits per heavy atom. The van der Waals surface area contributed by atoms with Crippen LogP contribution in [0.1, 0.15) is 27.7 Å². The molecule has 1 aliphatic rings. The molecule has 6 nitrogen and oxygen atoms in total. The summed E-state index contributed by atoms with van der Waals surface area (Å²) in [5.74, 6) is -4.55. The molecule has 1 amide bonds. The molecule has 0 spiro atoms. The highest BCUT2D eigenvalue weighted by Gasteiger charge is 2.32. The van der Waals surface area contributed by atoms with Crippen molar-refractivity contribution in [2.75, 3.05) is 6.61 Å². The van der Waals surface area contributed by atoms with Crippen LogP contribution in [0.5, 0.6) is 0 Å². The van der Waals surface area contributed by atoms with Gasteiger partial charge in [0.05, 0.1) is 12.8 Å². The van der Waals surface area contributed by atoms with Crippen LogP contribution >= 0.6 is 0 Å². The zero-order chi connectivity index (χ0) is 16.2. The smallest absolute Gasteiger partial charge is 0.418 e. The molecule has 0 saturated carbocycles. The van der Waals surface area contributed by atoms with Crippen molar-refractivity contribution in [2.45, 2.75) is 33.3 Å². The van der Waals surface area contributed by atoms with Crippen molar-refractivity contribution < 1.29 is 28.2 Å². The molecule has 1 atom stereocenters. The lowest BCUT2D eigenvalue weighted by atomic mass is 10.0. The molecule has 116 valence electrons. The Kier molecular flexibility index (Phi) is 5.23. The second kappa shape index (κ2) is 6.51. The van der Waals surface area contributed by atoms with Gasteiger partial charge >= 0.3 is 12.1 Å². The number of nitrogens with zero attached hydrogens (tertiary/aromatic N) is 1. The highest BCUT2D eigenvalue weighted by Crippen LogP contribution is 2.19. The Bertz CT molecular complexity index is 504. The van der Waals surface area contributed by atoms with Crippen LogP contribution < -0.4 is 0 Å². The van der Waals surface area contributed by atoms with Gasteiger partial charge < -0.3 is 9.47 Å². The van der Waals surface area contributed by atoms with Gasteiger partial charge in [-0.25, -0.2) is 9.18 Å². The van der Waals surface area contributed by atoms with Gasteiger partial charge in [0.2, 0.25) is 5.78 Å². The van der Waals surface area contributed by atoms with Gasteiger partial charge in [0.15, 0.2) is 5.83 Å². The molecule has 7 heteroatoms. The van der Waals surface area contributed by atoms with E-state index in [1.54, 1.807) is 27.7 Å². The van der Waals surface area contributed by atoms with Crippen LogP contribution in [0.15, 0.2) is 24.3 Å². The van der Waals surface area contributed by atoms with Gasteiger partial charge in [-0.2, -0.15) is 0 Å². The van der Waals surface area contributed by atoms with E-state index < -0.39 is 35.2 Å². The second-order valence-corrected chi connectivity index (χ2v) is 5.30. The van der Waals surface area contributed by atoms with E-state index in [1.807, 2.05) is 0 Å². The van der Waals surface area contributed by atoms with Gasteiger partial charge in [0, 0.05) is 6.20 Å². The summed E-state index contributed by atoms with van der Waals surface area (Å²) in [5.41, 5.74) is -0.772. The van der Waals surface area contributed by atoms with Crippen molar-refractivity contribution in [1.82, 2.24) is 4.90 Å². The Balaban J connectivity index is 2.97. The second-order valence-electron chi connectivity index (χ2n) is 5.30. The van der Waals surface area contributed by atoms with E-state index in [-0.39, 0.29) is 6.61 Å². The van der Waals surface area contributed by atoms with Gasteiger partial charge in [0.25, 0.3) is 0 Å². The summed E-state index contributed by atoms with van der Waals surface area (Å²) in [6, 6.07) is 0. The fourth-order valence-corrected chi connectivity index (χ4v) is 1.49. The number of halogens is 1. The molecule has 21 heavy (non-hydrogen) atoms. The SMILES string of the molecule is CCOC(=O)C1C=CN(C(=O)OC(C)(C)C)C=C(F)C1=O. The average Bonchev–Trinajstić information content (AvgIpc) is 2.48. The number of Topliss-reactive ketones (excluding diaryl/α,β-unsaturated/α-hetero) is 1. The highest BCUT2D eigenvalue weighted by molar-refractivity contribution is 6.09. The normalized spacial score (nSPS) is 18.9. The first kappa shape index (κ1) is 16.9. The third-order valence-electron chi connectivity index (χ3n) is 2.35. The monoisotopic (exact) mass is 299 g/mol. The minimum absolute atomic E-state index is 0.0670. The van der Waals surface area contributed by atoms with Crippen LogP contribution in [0, 0.1) is 5.92 Å². The van der Waals surface area contributed by atoms with E-state index in [0.717, 1.165) is 17.2 Å². The van der Waals surface area contributed by atoms with Crippen molar-refractivity contribution >= 4 is 17.8 Å². The molecule has 1 unspecified atom stereocenters. The predicted molar refractivity (Wildman–Crippen MR) is 71.5 cm³/mol. The zero-order valence-corrected chi connectivity index (χ0v) is 12.4. The summed E-state index contributed by atoms with van der Waals surface area (Å²) in [4.78, 5) is 35.9. The molecule has 0 bridgehead atoms. The number of allylic oxidation sites excluding steroid dienone is 1. The molecule has 0 N–H and O–H groups in total. The lowest BCUT2D eigenvalue weighted by molar-refractivity contribution is -0.149. The third kappa shape index (κ3) is 4.70.